The molecule has 3 rings (SSSR count). The Balaban J connectivity index is 1.51. The highest BCUT2D eigenvalue weighted by Crippen LogP contribution is 2.37. The minimum atomic E-state index is -0.140. The average molecular weight is 276 g/mol. The van der Waals surface area contributed by atoms with E-state index in [0.717, 1.165) is 0 Å². The standard InChI is InChI=1S/C17H25FN2/c1-12-4-3-5-13(2)20(12)19-17-10-15(11-17)14-6-8-16(18)9-7-14/h6-9,12-13,15,17,19H,3-5,10-11H2,1-2H3. The van der Waals surface area contributed by atoms with Gasteiger partial charge in [-0.05, 0) is 63.1 Å². The van der Waals surface area contributed by atoms with Crippen LogP contribution in [0.2, 0.25) is 0 Å². The summed E-state index contributed by atoms with van der Waals surface area (Å²) in [5.41, 5.74) is 5.01. The summed E-state index contributed by atoms with van der Waals surface area (Å²) in [6.45, 7) is 4.64. The lowest BCUT2D eigenvalue weighted by molar-refractivity contribution is 0.0107. The lowest BCUT2D eigenvalue weighted by Gasteiger charge is -2.46. The number of piperidine rings is 1. The first kappa shape index (κ1) is 14.0. The fourth-order valence-corrected chi connectivity index (χ4v) is 3.62. The maximum atomic E-state index is 12.9. The Hall–Kier alpha value is -0.930. The zero-order chi connectivity index (χ0) is 14.1. The zero-order valence-corrected chi connectivity index (χ0v) is 12.5. The third kappa shape index (κ3) is 2.89. The van der Waals surface area contributed by atoms with Crippen LogP contribution in [0.3, 0.4) is 0 Å². The van der Waals surface area contributed by atoms with Gasteiger partial charge in [0, 0.05) is 18.1 Å². The van der Waals surface area contributed by atoms with E-state index in [9.17, 15) is 4.39 Å². The fourth-order valence-electron chi connectivity index (χ4n) is 3.62. The number of hydrazine groups is 1. The third-order valence-electron chi connectivity index (χ3n) is 5.00. The van der Waals surface area contributed by atoms with E-state index in [1.165, 1.54) is 37.7 Å². The molecule has 20 heavy (non-hydrogen) atoms. The van der Waals surface area contributed by atoms with Gasteiger partial charge in [-0.3, -0.25) is 5.43 Å². The molecule has 1 saturated heterocycles. The highest BCUT2D eigenvalue weighted by molar-refractivity contribution is 5.23. The molecule has 0 radical (unpaired) electrons. The van der Waals surface area contributed by atoms with Crippen LogP contribution in [0, 0.1) is 5.82 Å². The van der Waals surface area contributed by atoms with Crippen LogP contribution in [0.15, 0.2) is 24.3 Å². The first-order chi connectivity index (χ1) is 9.63. The summed E-state index contributed by atoms with van der Waals surface area (Å²) >= 11 is 0. The first-order valence-corrected chi connectivity index (χ1v) is 7.93. The fraction of sp³-hybridized carbons (Fsp3) is 0.647. The number of rotatable bonds is 3. The molecule has 1 aliphatic carbocycles. The molecule has 2 fully saturated rings. The molecule has 1 aliphatic heterocycles. The van der Waals surface area contributed by atoms with E-state index in [2.05, 4.69) is 24.3 Å². The summed E-state index contributed by atoms with van der Waals surface area (Å²) in [5.74, 6) is 0.460. The molecule has 1 aromatic rings. The van der Waals surface area contributed by atoms with Gasteiger partial charge in [0.1, 0.15) is 5.82 Å². The maximum Gasteiger partial charge on any atom is 0.123 e. The van der Waals surface area contributed by atoms with Gasteiger partial charge in [-0.15, -0.1) is 0 Å². The summed E-state index contributed by atoms with van der Waals surface area (Å²) in [6.07, 6.45) is 6.28. The zero-order valence-electron chi connectivity index (χ0n) is 12.5. The van der Waals surface area contributed by atoms with Crippen molar-refractivity contribution in [3.8, 4) is 0 Å². The smallest absolute Gasteiger partial charge is 0.123 e. The number of halogens is 1. The van der Waals surface area contributed by atoms with Gasteiger partial charge in [0.2, 0.25) is 0 Å². The quantitative estimate of drug-likeness (QED) is 0.902. The normalized spacial score (nSPS) is 34.8. The number of hydrogen-bond donors (Lipinski definition) is 1. The van der Waals surface area contributed by atoms with Crippen molar-refractivity contribution in [2.45, 2.75) is 70.0 Å². The van der Waals surface area contributed by atoms with Crippen molar-refractivity contribution >= 4 is 0 Å². The van der Waals surface area contributed by atoms with Crippen LogP contribution in [0.25, 0.3) is 0 Å². The average Bonchev–Trinajstić information content (AvgIpc) is 2.38. The Bertz CT molecular complexity index is 429. The summed E-state index contributed by atoms with van der Waals surface area (Å²) in [7, 11) is 0. The van der Waals surface area contributed by atoms with E-state index in [1.54, 1.807) is 12.1 Å². The minimum absolute atomic E-state index is 0.140. The van der Waals surface area contributed by atoms with Crippen LogP contribution in [0.5, 0.6) is 0 Å². The Kier molecular flexibility index (Phi) is 4.08. The highest BCUT2D eigenvalue weighted by atomic mass is 19.1. The molecular formula is C17H25FN2. The van der Waals surface area contributed by atoms with Crippen LogP contribution in [0.4, 0.5) is 4.39 Å². The molecule has 0 bridgehead atoms. The molecule has 0 aromatic heterocycles. The lowest BCUT2D eigenvalue weighted by Crippen LogP contribution is -2.57. The van der Waals surface area contributed by atoms with E-state index in [-0.39, 0.29) is 5.82 Å². The number of hydrogen-bond acceptors (Lipinski definition) is 2. The second kappa shape index (κ2) is 5.82. The number of nitrogens with one attached hydrogen (secondary N) is 1. The van der Waals surface area contributed by atoms with Gasteiger partial charge in [0.25, 0.3) is 0 Å². The molecule has 2 nitrogen and oxygen atoms in total. The van der Waals surface area contributed by atoms with Crippen LogP contribution in [-0.4, -0.2) is 23.1 Å². The van der Waals surface area contributed by atoms with Crippen molar-refractivity contribution in [2.75, 3.05) is 0 Å². The Morgan fingerprint density at radius 2 is 1.65 bits per heavy atom. The van der Waals surface area contributed by atoms with Gasteiger partial charge in [-0.2, -0.15) is 0 Å². The molecule has 1 saturated carbocycles. The van der Waals surface area contributed by atoms with Crippen molar-refractivity contribution in [3.63, 3.8) is 0 Å². The van der Waals surface area contributed by atoms with E-state index in [4.69, 9.17) is 0 Å². The molecule has 1 heterocycles. The molecule has 110 valence electrons. The van der Waals surface area contributed by atoms with Crippen molar-refractivity contribution in [3.05, 3.63) is 35.6 Å². The molecule has 0 spiro atoms. The van der Waals surface area contributed by atoms with Gasteiger partial charge in [-0.25, -0.2) is 9.40 Å². The van der Waals surface area contributed by atoms with Crippen molar-refractivity contribution in [1.29, 1.82) is 0 Å². The second-order valence-electron chi connectivity index (χ2n) is 6.58. The van der Waals surface area contributed by atoms with Gasteiger partial charge in [-0.1, -0.05) is 18.6 Å². The third-order valence-corrected chi connectivity index (χ3v) is 5.00. The predicted molar refractivity (Wildman–Crippen MR) is 79.9 cm³/mol. The molecule has 1 N–H and O–H groups in total. The molecule has 0 amide bonds. The van der Waals surface area contributed by atoms with E-state index in [0.29, 0.717) is 24.0 Å². The van der Waals surface area contributed by atoms with Crippen molar-refractivity contribution in [2.24, 2.45) is 0 Å². The van der Waals surface area contributed by atoms with Gasteiger partial charge in [0.05, 0.1) is 0 Å². The van der Waals surface area contributed by atoms with Gasteiger partial charge < -0.3 is 0 Å². The Morgan fingerprint density at radius 3 is 2.25 bits per heavy atom. The lowest BCUT2D eigenvalue weighted by atomic mass is 9.76. The van der Waals surface area contributed by atoms with Crippen LogP contribution >= 0.6 is 0 Å². The summed E-state index contributed by atoms with van der Waals surface area (Å²) in [6, 6.07) is 8.89. The Morgan fingerprint density at radius 1 is 1.05 bits per heavy atom. The van der Waals surface area contributed by atoms with Crippen molar-refractivity contribution in [1.82, 2.24) is 10.4 Å². The molecule has 2 unspecified atom stereocenters. The summed E-state index contributed by atoms with van der Waals surface area (Å²) in [4.78, 5) is 0. The van der Waals surface area contributed by atoms with Gasteiger partial charge in [0.15, 0.2) is 0 Å². The monoisotopic (exact) mass is 276 g/mol. The van der Waals surface area contributed by atoms with Crippen LogP contribution in [0.1, 0.15) is 57.4 Å². The minimum Gasteiger partial charge on any atom is -0.252 e. The van der Waals surface area contributed by atoms with E-state index >= 15 is 0 Å². The Labute approximate surface area is 121 Å². The predicted octanol–water partition coefficient (Wildman–Crippen LogP) is 3.84. The topological polar surface area (TPSA) is 15.3 Å². The summed E-state index contributed by atoms with van der Waals surface area (Å²) < 4.78 is 12.9. The number of nitrogens with zero attached hydrogens (tertiary/aromatic N) is 1. The molecule has 2 aliphatic rings. The summed E-state index contributed by atoms with van der Waals surface area (Å²) in [5, 5.41) is 2.47. The van der Waals surface area contributed by atoms with E-state index < -0.39 is 0 Å². The molecular weight excluding hydrogens is 251 g/mol. The highest BCUT2D eigenvalue weighted by Gasteiger charge is 2.34. The van der Waals surface area contributed by atoms with Crippen molar-refractivity contribution < 1.29 is 4.39 Å². The second-order valence-corrected chi connectivity index (χ2v) is 6.58. The van der Waals surface area contributed by atoms with Crippen LogP contribution < -0.4 is 5.43 Å². The maximum absolute atomic E-state index is 12.9. The van der Waals surface area contributed by atoms with Crippen LogP contribution in [-0.2, 0) is 0 Å². The molecule has 1 aromatic carbocycles. The van der Waals surface area contributed by atoms with E-state index in [1.807, 2.05) is 12.1 Å². The first-order valence-electron chi connectivity index (χ1n) is 7.93. The largest absolute Gasteiger partial charge is 0.252 e. The van der Waals surface area contributed by atoms with Gasteiger partial charge >= 0.3 is 0 Å². The SMILES string of the molecule is CC1CCCC(C)N1NC1CC(c2ccc(F)cc2)C1. The number of benzene rings is 1. The molecule has 2 atom stereocenters. The molecule has 3 heteroatoms.